The average Bonchev–Trinajstić information content (AvgIpc) is 3.09. The summed E-state index contributed by atoms with van der Waals surface area (Å²) in [7, 11) is 1.67. The standard InChI is InChI=1S/C17H20N2O2S.C2H6/c1-13-3-8-16(22-13)17(20)19-11-9-18(10-12-19)14-4-6-15(21-2)7-5-14;1-2/h3-8H,9-12H2,1-2H3;1-2H3. The number of hydrogen-bond acceptors (Lipinski definition) is 4. The van der Waals surface area contributed by atoms with Gasteiger partial charge >= 0.3 is 0 Å². The molecule has 0 atom stereocenters. The Balaban J connectivity index is 0.00000100. The van der Waals surface area contributed by atoms with Crippen LogP contribution in [0.25, 0.3) is 0 Å². The van der Waals surface area contributed by atoms with Gasteiger partial charge < -0.3 is 14.5 Å². The fraction of sp³-hybridized carbons (Fsp3) is 0.421. The molecule has 24 heavy (non-hydrogen) atoms. The molecular weight excluding hydrogens is 320 g/mol. The molecule has 1 saturated heterocycles. The molecule has 0 N–H and O–H groups in total. The monoisotopic (exact) mass is 346 g/mol. The Kier molecular flexibility index (Phi) is 6.67. The van der Waals surface area contributed by atoms with Crippen molar-refractivity contribution in [2.45, 2.75) is 20.8 Å². The Morgan fingerprint density at radius 1 is 1.00 bits per heavy atom. The van der Waals surface area contributed by atoms with E-state index in [1.807, 2.05) is 49.9 Å². The topological polar surface area (TPSA) is 32.8 Å². The van der Waals surface area contributed by atoms with Gasteiger partial charge in [-0.2, -0.15) is 0 Å². The summed E-state index contributed by atoms with van der Waals surface area (Å²) in [6.07, 6.45) is 0. The summed E-state index contributed by atoms with van der Waals surface area (Å²) in [5.41, 5.74) is 1.18. The van der Waals surface area contributed by atoms with Gasteiger partial charge in [0.15, 0.2) is 0 Å². The first-order valence-corrected chi connectivity index (χ1v) is 9.24. The van der Waals surface area contributed by atoms with Gasteiger partial charge in [0, 0.05) is 36.7 Å². The number of carbonyl (C=O) groups excluding carboxylic acids is 1. The van der Waals surface area contributed by atoms with Gasteiger partial charge in [0.2, 0.25) is 0 Å². The zero-order chi connectivity index (χ0) is 17.5. The highest BCUT2D eigenvalue weighted by atomic mass is 32.1. The molecule has 0 unspecified atom stereocenters. The van der Waals surface area contributed by atoms with E-state index in [0.717, 1.165) is 36.8 Å². The highest BCUT2D eigenvalue weighted by Gasteiger charge is 2.23. The fourth-order valence-electron chi connectivity index (χ4n) is 2.67. The highest BCUT2D eigenvalue weighted by molar-refractivity contribution is 7.13. The SMILES string of the molecule is CC.COc1ccc(N2CCN(C(=O)c3ccc(C)s3)CC2)cc1. The van der Waals surface area contributed by atoms with Crippen molar-refractivity contribution in [2.24, 2.45) is 0 Å². The molecule has 1 aromatic carbocycles. The van der Waals surface area contributed by atoms with Crippen molar-refractivity contribution in [3.05, 3.63) is 46.2 Å². The smallest absolute Gasteiger partial charge is 0.264 e. The zero-order valence-electron chi connectivity index (χ0n) is 14.9. The van der Waals surface area contributed by atoms with E-state index in [0.29, 0.717) is 0 Å². The Hall–Kier alpha value is -2.01. The van der Waals surface area contributed by atoms with E-state index in [4.69, 9.17) is 4.74 Å². The second kappa shape index (κ2) is 8.73. The molecule has 4 nitrogen and oxygen atoms in total. The lowest BCUT2D eigenvalue weighted by Gasteiger charge is -2.36. The second-order valence-corrected chi connectivity index (χ2v) is 6.68. The van der Waals surface area contributed by atoms with Crippen LogP contribution in [0.5, 0.6) is 5.75 Å². The van der Waals surface area contributed by atoms with Crippen molar-refractivity contribution < 1.29 is 9.53 Å². The van der Waals surface area contributed by atoms with Gasteiger partial charge in [0.25, 0.3) is 5.91 Å². The molecule has 1 aliphatic heterocycles. The Morgan fingerprint density at radius 2 is 1.62 bits per heavy atom. The van der Waals surface area contributed by atoms with E-state index in [1.165, 1.54) is 10.6 Å². The Labute approximate surface area is 148 Å². The van der Waals surface area contributed by atoms with Crippen LogP contribution in [0.4, 0.5) is 5.69 Å². The number of ether oxygens (including phenoxy) is 1. The first-order chi connectivity index (χ1) is 11.7. The molecular formula is C19H26N2O2S. The molecule has 1 aromatic heterocycles. The van der Waals surface area contributed by atoms with E-state index in [-0.39, 0.29) is 5.91 Å². The molecule has 0 aliphatic carbocycles. The van der Waals surface area contributed by atoms with Crippen LogP contribution >= 0.6 is 11.3 Å². The summed E-state index contributed by atoms with van der Waals surface area (Å²) < 4.78 is 5.19. The lowest BCUT2D eigenvalue weighted by Crippen LogP contribution is -2.48. The van der Waals surface area contributed by atoms with E-state index in [9.17, 15) is 4.79 Å². The van der Waals surface area contributed by atoms with Gasteiger partial charge in [-0.25, -0.2) is 0 Å². The molecule has 0 spiro atoms. The van der Waals surface area contributed by atoms with Crippen LogP contribution in [-0.4, -0.2) is 44.1 Å². The molecule has 3 rings (SSSR count). The number of anilines is 1. The van der Waals surface area contributed by atoms with E-state index in [2.05, 4.69) is 17.0 Å². The number of piperazine rings is 1. The van der Waals surface area contributed by atoms with Gasteiger partial charge in [-0.15, -0.1) is 11.3 Å². The fourth-order valence-corrected chi connectivity index (χ4v) is 3.50. The van der Waals surface area contributed by atoms with E-state index < -0.39 is 0 Å². The van der Waals surface area contributed by atoms with Crippen LogP contribution in [0.15, 0.2) is 36.4 Å². The molecule has 1 fully saturated rings. The number of aryl methyl sites for hydroxylation is 1. The maximum atomic E-state index is 12.4. The molecule has 5 heteroatoms. The van der Waals surface area contributed by atoms with Crippen molar-refractivity contribution >= 4 is 22.9 Å². The van der Waals surface area contributed by atoms with Gasteiger partial charge in [0.05, 0.1) is 12.0 Å². The predicted molar refractivity (Wildman–Crippen MR) is 102 cm³/mol. The van der Waals surface area contributed by atoms with Crippen molar-refractivity contribution in [1.29, 1.82) is 0 Å². The molecule has 130 valence electrons. The van der Waals surface area contributed by atoms with Crippen LogP contribution in [-0.2, 0) is 0 Å². The summed E-state index contributed by atoms with van der Waals surface area (Å²) in [5, 5.41) is 0. The minimum absolute atomic E-state index is 0.160. The van der Waals surface area contributed by atoms with Gasteiger partial charge in [-0.1, -0.05) is 13.8 Å². The third kappa shape index (κ3) is 4.29. The quantitative estimate of drug-likeness (QED) is 0.840. The van der Waals surface area contributed by atoms with Gasteiger partial charge in [-0.05, 0) is 43.3 Å². The molecule has 0 bridgehead atoms. The summed E-state index contributed by atoms with van der Waals surface area (Å²) >= 11 is 1.57. The first-order valence-electron chi connectivity index (χ1n) is 8.42. The number of amides is 1. The van der Waals surface area contributed by atoms with Crippen LogP contribution in [0.2, 0.25) is 0 Å². The zero-order valence-corrected chi connectivity index (χ0v) is 15.7. The minimum Gasteiger partial charge on any atom is -0.497 e. The van der Waals surface area contributed by atoms with E-state index in [1.54, 1.807) is 18.4 Å². The summed E-state index contributed by atoms with van der Waals surface area (Å²) in [6.45, 7) is 9.29. The van der Waals surface area contributed by atoms with E-state index >= 15 is 0 Å². The number of thiophene rings is 1. The third-order valence-electron chi connectivity index (χ3n) is 3.96. The summed E-state index contributed by atoms with van der Waals surface area (Å²) in [6, 6.07) is 12.0. The summed E-state index contributed by atoms with van der Waals surface area (Å²) in [5.74, 6) is 1.03. The van der Waals surface area contributed by atoms with Crippen molar-refractivity contribution in [3.63, 3.8) is 0 Å². The molecule has 1 aliphatic rings. The lowest BCUT2D eigenvalue weighted by molar-refractivity contribution is 0.0751. The molecule has 0 saturated carbocycles. The van der Waals surface area contributed by atoms with Crippen LogP contribution in [0.1, 0.15) is 28.4 Å². The molecule has 2 aromatic rings. The minimum atomic E-state index is 0.160. The maximum Gasteiger partial charge on any atom is 0.264 e. The lowest BCUT2D eigenvalue weighted by atomic mass is 10.2. The number of hydrogen-bond donors (Lipinski definition) is 0. The number of rotatable bonds is 3. The van der Waals surface area contributed by atoms with Crippen LogP contribution < -0.4 is 9.64 Å². The Bertz CT molecular complexity index is 644. The first kappa shape index (κ1) is 18.3. The highest BCUT2D eigenvalue weighted by Crippen LogP contribution is 2.22. The third-order valence-corrected chi connectivity index (χ3v) is 4.94. The normalized spacial score (nSPS) is 14.0. The number of benzene rings is 1. The summed E-state index contributed by atoms with van der Waals surface area (Å²) in [4.78, 5) is 18.7. The second-order valence-electron chi connectivity index (χ2n) is 5.39. The number of methoxy groups -OCH3 is 1. The number of carbonyl (C=O) groups is 1. The molecule has 0 radical (unpaired) electrons. The van der Waals surface area contributed by atoms with Crippen molar-refractivity contribution in [1.82, 2.24) is 4.90 Å². The Morgan fingerprint density at radius 3 is 2.12 bits per heavy atom. The van der Waals surface area contributed by atoms with Gasteiger partial charge in [0.1, 0.15) is 5.75 Å². The molecule has 2 heterocycles. The maximum absolute atomic E-state index is 12.4. The number of nitrogens with zero attached hydrogens (tertiary/aromatic N) is 2. The van der Waals surface area contributed by atoms with Crippen molar-refractivity contribution in [3.8, 4) is 5.75 Å². The molecule has 1 amide bonds. The average molecular weight is 346 g/mol. The van der Waals surface area contributed by atoms with Crippen LogP contribution in [0, 0.1) is 6.92 Å². The van der Waals surface area contributed by atoms with Crippen molar-refractivity contribution in [2.75, 3.05) is 38.2 Å². The predicted octanol–water partition coefficient (Wildman–Crippen LogP) is 4.05. The van der Waals surface area contributed by atoms with Crippen LogP contribution in [0.3, 0.4) is 0 Å². The van der Waals surface area contributed by atoms with Gasteiger partial charge in [-0.3, -0.25) is 4.79 Å². The largest absolute Gasteiger partial charge is 0.497 e.